The number of aliphatic hydroxyl groups excluding tert-OH is 1. The van der Waals surface area contributed by atoms with Gasteiger partial charge < -0.3 is 14.6 Å². The minimum atomic E-state index is -1.23. The van der Waals surface area contributed by atoms with Gasteiger partial charge in [0.2, 0.25) is 0 Å². The summed E-state index contributed by atoms with van der Waals surface area (Å²) in [6, 6.07) is 2.76. The van der Waals surface area contributed by atoms with Crippen molar-refractivity contribution >= 4 is 8.07 Å². The summed E-state index contributed by atoms with van der Waals surface area (Å²) in [6.45, 7) is 8.06. The van der Waals surface area contributed by atoms with Crippen molar-refractivity contribution in [2.45, 2.75) is 58.2 Å². The minimum absolute atomic E-state index is 0.119. The van der Waals surface area contributed by atoms with Crippen molar-refractivity contribution in [3.8, 4) is 11.8 Å². The Morgan fingerprint density at radius 3 is 2.29 bits per heavy atom. The molecule has 0 unspecified atom stereocenters. The van der Waals surface area contributed by atoms with Crippen molar-refractivity contribution in [3.05, 3.63) is 11.8 Å². The third-order valence-corrected chi connectivity index (χ3v) is 7.51. The fraction of sp³-hybridized carbons (Fsp3) is 0.765. The zero-order chi connectivity index (χ0) is 15.8. The number of rotatable bonds is 12. The van der Waals surface area contributed by atoms with Crippen LogP contribution in [0.2, 0.25) is 18.6 Å². The van der Waals surface area contributed by atoms with Crippen LogP contribution in [-0.4, -0.2) is 39.8 Å². The summed E-state index contributed by atoms with van der Waals surface area (Å²) in [6.07, 6.45) is 7.40. The number of unbranched alkanes of at least 4 members (excludes halogenated alkanes) is 2. The molecule has 0 rings (SSSR count). The first kappa shape index (κ1) is 20.4. The molecule has 21 heavy (non-hydrogen) atoms. The molecule has 4 heteroatoms. The van der Waals surface area contributed by atoms with E-state index in [4.69, 9.17) is 14.6 Å². The highest BCUT2D eigenvalue weighted by atomic mass is 28.3. The Bertz CT molecular complexity index is 310. The molecule has 0 aromatic rings. The maximum Gasteiger partial charge on any atom is 0.148 e. The van der Waals surface area contributed by atoms with Gasteiger partial charge in [-0.25, -0.2) is 0 Å². The number of hydrogen-bond donors (Lipinski definition) is 1. The van der Waals surface area contributed by atoms with Crippen LogP contribution in [0.4, 0.5) is 0 Å². The molecule has 0 bridgehead atoms. The molecule has 0 heterocycles. The molecule has 0 aromatic heterocycles. The highest BCUT2D eigenvalue weighted by Gasteiger charge is 2.21. The van der Waals surface area contributed by atoms with Gasteiger partial charge in [0, 0.05) is 0 Å². The molecule has 0 saturated carbocycles. The van der Waals surface area contributed by atoms with Crippen LogP contribution in [0.1, 0.15) is 39.5 Å². The van der Waals surface area contributed by atoms with E-state index in [0.29, 0.717) is 13.2 Å². The molecule has 0 spiro atoms. The fourth-order valence-corrected chi connectivity index (χ4v) is 5.73. The van der Waals surface area contributed by atoms with Gasteiger partial charge in [-0.2, -0.15) is 0 Å². The molecule has 0 fully saturated rings. The van der Waals surface area contributed by atoms with Gasteiger partial charge in [0.15, 0.2) is 0 Å². The average Bonchev–Trinajstić information content (AvgIpc) is 2.49. The molecular formula is C17H32O3Si. The van der Waals surface area contributed by atoms with Crippen LogP contribution in [0.25, 0.3) is 0 Å². The van der Waals surface area contributed by atoms with Gasteiger partial charge in [-0.3, -0.25) is 0 Å². The molecule has 122 valence electrons. The van der Waals surface area contributed by atoms with Gasteiger partial charge in [-0.15, -0.1) is 0 Å². The lowest BCUT2D eigenvalue weighted by Gasteiger charge is -2.23. The second kappa shape index (κ2) is 14.3. The van der Waals surface area contributed by atoms with Gasteiger partial charge in [-0.1, -0.05) is 81.8 Å². The van der Waals surface area contributed by atoms with E-state index < -0.39 is 8.07 Å². The van der Waals surface area contributed by atoms with E-state index >= 15 is 0 Å². The van der Waals surface area contributed by atoms with Crippen molar-refractivity contribution in [1.29, 1.82) is 0 Å². The molecule has 0 radical (unpaired) electrons. The standard InChI is InChI=1S/C17H32O3Si/c1-4-6-14-21(3,15-7-5-2)16-10-13-20-17-19-12-9-8-11-18/h10,16,18H,4-7,11-15,17H2,1-3H3. The Hall–Kier alpha value is -0.603. The maximum atomic E-state index is 8.47. The summed E-state index contributed by atoms with van der Waals surface area (Å²) < 4.78 is 10.6. The minimum Gasteiger partial charge on any atom is -0.384 e. The topological polar surface area (TPSA) is 38.7 Å². The molecule has 0 aliphatic rings. The molecule has 0 saturated heterocycles. The highest BCUT2D eigenvalue weighted by Crippen LogP contribution is 2.23. The van der Waals surface area contributed by atoms with Crippen LogP contribution in [0, 0.1) is 11.8 Å². The van der Waals surface area contributed by atoms with Crippen LogP contribution < -0.4 is 0 Å². The fourth-order valence-electron chi connectivity index (χ4n) is 2.16. The van der Waals surface area contributed by atoms with Gasteiger partial charge in [0.05, 0.1) is 14.7 Å². The number of hydrogen-bond acceptors (Lipinski definition) is 3. The second-order valence-corrected chi connectivity index (χ2v) is 10.3. The Morgan fingerprint density at radius 1 is 1.05 bits per heavy atom. The first-order valence-corrected chi connectivity index (χ1v) is 11.1. The van der Waals surface area contributed by atoms with Crippen LogP contribution in [0.15, 0.2) is 11.8 Å². The molecule has 1 N–H and O–H groups in total. The van der Waals surface area contributed by atoms with E-state index in [0.717, 1.165) is 0 Å². The molecule has 0 aromatic carbocycles. The first-order chi connectivity index (χ1) is 10.2. The second-order valence-electron chi connectivity index (χ2n) is 5.61. The smallest absolute Gasteiger partial charge is 0.148 e. The molecular weight excluding hydrogens is 280 g/mol. The Morgan fingerprint density at radius 2 is 1.71 bits per heavy atom. The third-order valence-electron chi connectivity index (χ3n) is 3.48. The van der Waals surface area contributed by atoms with Crippen molar-refractivity contribution in [1.82, 2.24) is 0 Å². The summed E-state index contributed by atoms with van der Waals surface area (Å²) in [7, 11) is -1.23. The van der Waals surface area contributed by atoms with E-state index in [-0.39, 0.29) is 13.4 Å². The Balaban J connectivity index is 3.91. The van der Waals surface area contributed by atoms with Crippen LogP contribution in [0.5, 0.6) is 0 Å². The molecule has 0 amide bonds. The maximum absolute atomic E-state index is 8.47. The first-order valence-electron chi connectivity index (χ1n) is 8.08. The Kier molecular flexibility index (Phi) is 13.9. The average molecular weight is 313 g/mol. The van der Waals surface area contributed by atoms with Crippen LogP contribution >= 0.6 is 0 Å². The monoisotopic (exact) mass is 312 g/mol. The van der Waals surface area contributed by atoms with Gasteiger partial charge >= 0.3 is 0 Å². The molecule has 0 aliphatic heterocycles. The normalized spacial score (nSPS) is 11.6. The summed E-state index contributed by atoms with van der Waals surface area (Å²) in [5.41, 5.74) is 2.45. The molecule has 0 atom stereocenters. The van der Waals surface area contributed by atoms with Crippen LogP contribution in [-0.2, 0) is 9.47 Å². The van der Waals surface area contributed by atoms with Crippen molar-refractivity contribution in [3.63, 3.8) is 0 Å². The van der Waals surface area contributed by atoms with E-state index in [1.165, 1.54) is 37.8 Å². The largest absolute Gasteiger partial charge is 0.384 e. The summed E-state index contributed by atoms with van der Waals surface area (Å²) in [5.74, 6) is 5.21. The van der Waals surface area contributed by atoms with E-state index in [9.17, 15) is 0 Å². The van der Waals surface area contributed by atoms with Gasteiger partial charge in [-0.05, 0) is 0 Å². The summed E-state index contributed by atoms with van der Waals surface area (Å²) in [5, 5.41) is 8.47. The highest BCUT2D eigenvalue weighted by molar-refractivity contribution is 6.83. The number of aliphatic hydroxyl groups is 1. The Labute approximate surface area is 131 Å². The van der Waals surface area contributed by atoms with E-state index in [1.807, 2.05) is 0 Å². The lowest BCUT2D eigenvalue weighted by molar-refractivity contribution is -0.0313. The van der Waals surface area contributed by atoms with Crippen molar-refractivity contribution in [2.75, 3.05) is 26.6 Å². The molecule has 3 nitrogen and oxygen atoms in total. The predicted molar refractivity (Wildman–Crippen MR) is 91.8 cm³/mol. The van der Waals surface area contributed by atoms with E-state index in [2.05, 4.69) is 44.0 Å². The lowest BCUT2D eigenvalue weighted by Crippen LogP contribution is -2.27. The van der Waals surface area contributed by atoms with Crippen LogP contribution in [0.3, 0.4) is 0 Å². The summed E-state index contributed by atoms with van der Waals surface area (Å²) in [4.78, 5) is 0. The number of ether oxygens (including phenoxy) is 2. The van der Waals surface area contributed by atoms with E-state index in [1.54, 1.807) is 0 Å². The quantitative estimate of drug-likeness (QED) is 0.258. The zero-order valence-electron chi connectivity index (χ0n) is 14.0. The predicted octanol–water partition coefficient (Wildman–Crippen LogP) is 3.75. The van der Waals surface area contributed by atoms with Gasteiger partial charge in [0.1, 0.15) is 20.0 Å². The lowest BCUT2D eigenvalue weighted by atomic mass is 10.4. The SMILES string of the molecule is CCCC[Si](C)(C=CCOCOCC#CCO)CCCC. The summed E-state index contributed by atoms with van der Waals surface area (Å²) >= 11 is 0. The zero-order valence-corrected chi connectivity index (χ0v) is 15.0. The van der Waals surface area contributed by atoms with Crippen molar-refractivity contribution < 1.29 is 14.6 Å². The third kappa shape index (κ3) is 12.8. The molecule has 0 aliphatic carbocycles. The van der Waals surface area contributed by atoms with Gasteiger partial charge in [0.25, 0.3) is 0 Å². The van der Waals surface area contributed by atoms with Crippen molar-refractivity contribution in [2.24, 2.45) is 0 Å².